The SMILES string of the molecule is CCCCCCCCNCC1CN(C)CCO1. The first-order valence-corrected chi connectivity index (χ1v) is 7.33. The van der Waals surface area contributed by atoms with Crippen LogP contribution in [-0.4, -0.2) is 50.8 Å². The number of nitrogens with one attached hydrogen (secondary N) is 1. The second-order valence-electron chi connectivity index (χ2n) is 5.23. The van der Waals surface area contributed by atoms with Crippen LogP contribution in [-0.2, 0) is 4.74 Å². The summed E-state index contributed by atoms with van der Waals surface area (Å²) in [5, 5.41) is 3.51. The van der Waals surface area contributed by atoms with E-state index in [2.05, 4.69) is 24.2 Å². The Hall–Kier alpha value is -0.120. The summed E-state index contributed by atoms with van der Waals surface area (Å²) in [6.07, 6.45) is 8.63. The second-order valence-corrected chi connectivity index (χ2v) is 5.23. The molecule has 0 aliphatic carbocycles. The lowest BCUT2D eigenvalue weighted by molar-refractivity contribution is -0.0180. The highest BCUT2D eigenvalue weighted by atomic mass is 16.5. The van der Waals surface area contributed by atoms with Gasteiger partial charge in [0.2, 0.25) is 0 Å². The molecule has 0 aromatic rings. The van der Waals surface area contributed by atoms with Crippen molar-refractivity contribution < 1.29 is 4.74 Å². The highest BCUT2D eigenvalue weighted by Gasteiger charge is 2.16. The maximum atomic E-state index is 5.70. The fraction of sp³-hybridized carbons (Fsp3) is 1.00. The van der Waals surface area contributed by atoms with Gasteiger partial charge in [-0.25, -0.2) is 0 Å². The quantitative estimate of drug-likeness (QED) is 0.628. The Labute approximate surface area is 107 Å². The van der Waals surface area contributed by atoms with E-state index in [1.54, 1.807) is 0 Å². The van der Waals surface area contributed by atoms with E-state index in [0.29, 0.717) is 6.10 Å². The Morgan fingerprint density at radius 3 is 2.71 bits per heavy atom. The number of ether oxygens (including phenoxy) is 1. The van der Waals surface area contributed by atoms with Crippen LogP contribution in [0.3, 0.4) is 0 Å². The molecule has 1 aliphatic rings. The molecule has 0 radical (unpaired) electrons. The summed E-state index contributed by atoms with van der Waals surface area (Å²) in [5.74, 6) is 0. The van der Waals surface area contributed by atoms with Crippen LogP contribution in [0.2, 0.25) is 0 Å². The van der Waals surface area contributed by atoms with Gasteiger partial charge in [-0.15, -0.1) is 0 Å². The minimum absolute atomic E-state index is 0.397. The Kier molecular flexibility index (Phi) is 8.67. The van der Waals surface area contributed by atoms with E-state index in [0.717, 1.165) is 32.8 Å². The van der Waals surface area contributed by atoms with Crippen LogP contribution in [0.5, 0.6) is 0 Å². The zero-order chi connectivity index (χ0) is 12.3. The van der Waals surface area contributed by atoms with Crippen LogP contribution in [0.25, 0.3) is 0 Å². The van der Waals surface area contributed by atoms with E-state index in [-0.39, 0.29) is 0 Å². The number of nitrogens with zero attached hydrogens (tertiary/aromatic N) is 1. The second kappa shape index (κ2) is 9.86. The first kappa shape index (κ1) is 14.9. The molecule has 17 heavy (non-hydrogen) atoms. The normalized spacial score (nSPS) is 21.9. The highest BCUT2D eigenvalue weighted by molar-refractivity contribution is 4.70. The van der Waals surface area contributed by atoms with Crippen LogP contribution in [0.1, 0.15) is 45.4 Å². The predicted octanol–water partition coefficient (Wildman–Crippen LogP) is 2.27. The molecule has 3 heteroatoms. The summed E-state index contributed by atoms with van der Waals surface area (Å²) < 4.78 is 5.70. The molecule has 1 heterocycles. The summed E-state index contributed by atoms with van der Waals surface area (Å²) in [6, 6.07) is 0. The van der Waals surface area contributed by atoms with E-state index in [1.165, 1.54) is 38.5 Å². The van der Waals surface area contributed by atoms with Crippen LogP contribution >= 0.6 is 0 Å². The van der Waals surface area contributed by atoms with E-state index < -0.39 is 0 Å². The summed E-state index contributed by atoms with van der Waals surface area (Å²) >= 11 is 0. The Balaban J connectivity index is 1.83. The standard InChI is InChI=1S/C14H30N2O/c1-3-4-5-6-7-8-9-15-12-14-13-16(2)10-11-17-14/h14-15H,3-13H2,1-2H3. The summed E-state index contributed by atoms with van der Waals surface area (Å²) in [4.78, 5) is 2.35. The maximum Gasteiger partial charge on any atom is 0.0826 e. The van der Waals surface area contributed by atoms with Gasteiger partial charge < -0.3 is 15.0 Å². The third-order valence-corrected chi connectivity index (χ3v) is 3.42. The van der Waals surface area contributed by atoms with Gasteiger partial charge in [-0.2, -0.15) is 0 Å². The Morgan fingerprint density at radius 1 is 1.18 bits per heavy atom. The van der Waals surface area contributed by atoms with Crippen molar-refractivity contribution in [2.75, 3.05) is 39.8 Å². The predicted molar refractivity (Wildman–Crippen MR) is 73.5 cm³/mol. The molecule has 1 fully saturated rings. The van der Waals surface area contributed by atoms with Crippen LogP contribution in [0.15, 0.2) is 0 Å². The molecule has 1 atom stereocenters. The smallest absolute Gasteiger partial charge is 0.0826 e. The lowest BCUT2D eigenvalue weighted by Gasteiger charge is -2.30. The third-order valence-electron chi connectivity index (χ3n) is 3.42. The van der Waals surface area contributed by atoms with E-state index in [4.69, 9.17) is 4.74 Å². The highest BCUT2D eigenvalue weighted by Crippen LogP contribution is 2.04. The molecule has 1 N–H and O–H groups in total. The van der Waals surface area contributed by atoms with Crippen molar-refractivity contribution in [3.05, 3.63) is 0 Å². The molecule has 0 bridgehead atoms. The largest absolute Gasteiger partial charge is 0.374 e. The molecule has 0 aromatic carbocycles. The number of hydrogen-bond acceptors (Lipinski definition) is 3. The molecule has 3 nitrogen and oxygen atoms in total. The van der Waals surface area contributed by atoms with Gasteiger partial charge >= 0.3 is 0 Å². The van der Waals surface area contributed by atoms with Gasteiger partial charge in [0.1, 0.15) is 0 Å². The molecule has 0 spiro atoms. The van der Waals surface area contributed by atoms with Gasteiger partial charge in [0.25, 0.3) is 0 Å². The van der Waals surface area contributed by atoms with Crippen molar-refractivity contribution in [3.63, 3.8) is 0 Å². The molecular weight excluding hydrogens is 212 g/mol. The van der Waals surface area contributed by atoms with Gasteiger partial charge in [-0.3, -0.25) is 0 Å². The number of morpholine rings is 1. The summed E-state index contributed by atoms with van der Waals surface area (Å²) in [7, 11) is 2.17. The van der Waals surface area contributed by atoms with Crippen LogP contribution in [0, 0.1) is 0 Å². The van der Waals surface area contributed by atoms with Crippen LogP contribution in [0.4, 0.5) is 0 Å². The van der Waals surface area contributed by atoms with E-state index in [1.807, 2.05) is 0 Å². The molecule has 1 saturated heterocycles. The zero-order valence-corrected chi connectivity index (χ0v) is 11.7. The zero-order valence-electron chi connectivity index (χ0n) is 11.7. The number of hydrogen-bond donors (Lipinski definition) is 1. The summed E-state index contributed by atoms with van der Waals surface area (Å²) in [6.45, 7) is 7.47. The summed E-state index contributed by atoms with van der Waals surface area (Å²) in [5.41, 5.74) is 0. The topological polar surface area (TPSA) is 24.5 Å². The number of likely N-dealkylation sites (N-methyl/N-ethyl adjacent to an activating group) is 1. The fourth-order valence-electron chi connectivity index (χ4n) is 2.28. The molecule has 1 aliphatic heterocycles. The Morgan fingerprint density at radius 2 is 1.94 bits per heavy atom. The monoisotopic (exact) mass is 242 g/mol. The molecule has 1 rings (SSSR count). The molecule has 1 unspecified atom stereocenters. The van der Waals surface area contributed by atoms with E-state index in [9.17, 15) is 0 Å². The van der Waals surface area contributed by atoms with Gasteiger partial charge in [0, 0.05) is 19.6 Å². The average molecular weight is 242 g/mol. The van der Waals surface area contributed by atoms with Gasteiger partial charge in [-0.05, 0) is 20.0 Å². The van der Waals surface area contributed by atoms with Crippen molar-refractivity contribution >= 4 is 0 Å². The average Bonchev–Trinajstić information content (AvgIpc) is 2.33. The first-order valence-electron chi connectivity index (χ1n) is 7.33. The number of unbranched alkanes of at least 4 members (excludes halogenated alkanes) is 5. The van der Waals surface area contributed by atoms with Crippen molar-refractivity contribution in [2.24, 2.45) is 0 Å². The fourth-order valence-corrected chi connectivity index (χ4v) is 2.28. The number of rotatable bonds is 9. The molecule has 0 saturated carbocycles. The first-order chi connectivity index (χ1) is 8.33. The minimum Gasteiger partial charge on any atom is -0.374 e. The van der Waals surface area contributed by atoms with E-state index >= 15 is 0 Å². The van der Waals surface area contributed by atoms with Crippen molar-refractivity contribution in [1.29, 1.82) is 0 Å². The molecule has 0 amide bonds. The maximum absolute atomic E-state index is 5.70. The van der Waals surface area contributed by atoms with Crippen molar-refractivity contribution in [1.82, 2.24) is 10.2 Å². The van der Waals surface area contributed by atoms with Gasteiger partial charge in [0.15, 0.2) is 0 Å². The van der Waals surface area contributed by atoms with Crippen molar-refractivity contribution in [2.45, 2.75) is 51.6 Å². The van der Waals surface area contributed by atoms with Gasteiger partial charge in [-0.1, -0.05) is 39.0 Å². The molecule has 0 aromatic heterocycles. The van der Waals surface area contributed by atoms with Crippen molar-refractivity contribution in [3.8, 4) is 0 Å². The Bertz CT molecular complexity index is 176. The lowest BCUT2D eigenvalue weighted by atomic mass is 10.1. The van der Waals surface area contributed by atoms with Crippen LogP contribution < -0.4 is 5.32 Å². The third kappa shape index (κ3) is 7.74. The van der Waals surface area contributed by atoms with Gasteiger partial charge in [0.05, 0.1) is 12.7 Å². The molecular formula is C14H30N2O. The molecule has 102 valence electrons. The minimum atomic E-state index is 0.397. The lowest BCUT2D eigenvalue weighted by Crippen LogP contribution is -2.44.